The average Bonchev–Trinajstić information content (AvgIpc) is 3.18. The van der Waals surface area contributed by atoms with Gasteiger partial charge in [-0.1, -0.05) is 6.42 Å². The molecule has 3 rings (SSSR count). The van der Waals surface area contributed by atoms with Crippen molar-refractivity contribution in [1.29, 1.82) is 5.26 Å². The van der Waals surface area contributed by atoms with E-state index in [1.54, 1.807) is 24.3 Å². The van der Waals surface area contributed by atoms with E-state index in [0.29, 0.717) is 23.4 Å². The molecule has 1 aliphatic carbocycles. The fourth-order valence-corrected chi connectivity index (χ4v) is 2.99. The van der Waals surface area contributed by atoms with E-state index in [9.17, 15) is 9.90 Å². The number of nitrogens with zero attached hydrogens (tertiary/aromatic N) is 3. The van der Waals surface area contributed by atoms with Crippen molar-refractivity contribution in [2.24, 2.45) is 5.92 Å². The van der Waals surface area contributed by atoms with Crippen molar-refractivity contribution in [3.05, 3.63) is 41.6 Å². The number of nitrogens with two attached hydrogens (primary N) is 1. The van der Waals surface area contributed by atoms with E-state index in [2.05, 4.69) is 10.4 Å². The molecule has 7 nitrogen and oxygen atoms in total. The molecule has 1 aliphatic rings. The second-order valence-corrected chi connectivity index (χ2v) is 5.98. The third-order valence-corrected chi connectivity index (χ3v) is 4.44. The standard InChI is InChI=1S/C17H19N5O2/c18-8-13-10-21-22(16(13)19)14-6-4-11(5-7-14)17(24)20-9-12-2-1-3-15(12)23/h4-7,10,12,15,23H,1-3,9,19H2,(H,20,24). The number of hydrogen-bond acceptors (Lipinski definition) is 5. The summed E-state index contributed by atoms with van der Waals surface area (Å²) >= 11 is 0. The lowest BCUT2D eigenvalue weighted by molar-refractivity contribution is 0.0917. The Morgan fingerprint density at radius 3 is 2.75 bits per heavy atom. The molecule has 1 fully saturated rings. The second kappa shape index (κ2) is 6.72. The Bertz CT molecular complexity index is 775. The third kappa shape index (κ3) is 3.09. The van der Waals surface area contributed by atoms with Gasteiger partial charge in [0.1, 0.15) is 17.5 Å². The highest BCUT2D eigenvalue weighted by molar-refractivity contribution is 5.94. The van der Waals surface area contributed by atoms with Crippen LogP contribution in [0.2, 0.25) is 0 Å². The average molecular weight is 325 g/mol. The zero-order valence-electron chi connectivity index (χ0n) is 13.1. The van der Waals surface area contributed by atoms with Crippen LogP contribution in [-0.2, 0) is 0 Å². The van der Waals surface area contributed by atoms with Gasteiger partial charge in [0.15, 0.2) is 0 Å². The molecule has 0 radical (unpaired) electrons. The molecule has 0 bridgehead atoms. The number of aliphatic hydroxyl groups excluding tert-OH is 1. The SMILES string of the molecule is N#Cc1cnn(-c2ccc(C(=O)NCC3CCCC3O)cc2)c1N. The summed E-state index contributed by atoms with van der Waals surface area (Å²) in [5.41, 5.74) is 7.36. The highest BCUT2D eigenvalue weighted by atomic mass is 16.3. The Morgan fingerprint density at radius 2 is 2.17 bits per heavy atom. The van der Waals surface area contributed by atoms with E-state index < -0.39 is 0 Å². The number of nitrogen functional groups attached to an aromatic ring is 1. The number of nitriles is 1. The van der Waals surface area contributed by atoms with E-state index in [1.165, 1.54) is 10.9 Å². The number of benzene rings is 1. The zero-order valence-corrected chi connectivity index (χ0v) is 13.1. The Kier molecular flexibility index (Phi) is 4.49. The molecule has 24 heavy (non-hydrogen) atoms. The Balaban J connectivity index is 1.66. The molecule has 2 atom stereocenters. The molecule has 1 heterocycles. The maximum Gasteiger partial charge on any atom is 0.251 e. The number of anilines is 1. The number of aliphatic hydroxyl groups is 1. The first-order chi connectivity index (χ1) is 11.6. The lowest BCUT2D eigenvalue weighted by Crippen LogP contribution is -2.32. The Labute approximate surface area is 139 Å². The molecule has 1 saturated carbocycles. The van der Waals surface area contributed by atoms with Crippen molar-refractivity contribution < 1.29 is 9.90 Å². The summed E-state index contributed by atoms with van der Waals surface area (Å²) in [6.07, 6.45) is 3.85. The van der Waals surface area contributed by atoms with E-state index in [4.69, 9.17) is 11.0 Å². The van der Waals surface area contributed by atoms with Gasteiger partial charge in [-0.2, -0.15) is 10.4 Å². The summed E-state index contributed by atoms with van der Waals surface area (Å²) in [4.78, 5) is 12.2. The first-order valence-corrected chi connectivity index (χ1v) is 7.90. The molecular weight excluding hydrogens is 306 g/mol. The minimum Gasteiger partial charge on any atom is -0.393 e. The van der Waals surface area contributed by atoms with Gasteiger partial charge in [0.25, 0.3) is 5.91 Å². The van der Waals surface area contributed by atoms with Crippen LogP contribution in [0.15, 0.2) is 30.5 Å². The molecule has 7 heteroatoms. The van der Waals surface area contributed by atoms with Crippen LogP contribution in [0.1, 0.15) is 35.2 Å². The van der Waals surface area contributed by atoms with Crippen molar-refractivity contribution in [2.75, 3.05) is 12.3 Å². The van der Waals surface area contributed by atoms with Gasteiger partial charge in [0, 0.05) is 18.0 Å². The van der Waals surface area contributed by atoms with Crippen molar-refractivity contribution in [2.45, 2.75) is 25.4 Å². The van der Waals surface area contributed by atoms with Gasteiger partial charge < -0.3 is 16.2 Å². The minimum absolute atomic E-state index is 0.140. The maximum atomic E-state index is 12.2. The van der Waals surface area contributed by atoms with Gasteiger partial charge in [-0.3, -0.25) is 4.79 Å². The van der Waals surface area contributed by atoms with Gasteiger partial charge in [0.2, 0.25) is 0 Å². The van der Waals surface area contributed by atoms with E-state index in [1.807, 2.05) is 6.07 Å². The van der Waals surface area contributed by atoms with Crippen LogP contribution in [0.3, 0.4) is 0 Å². The number of carbonyl (C=O) groups is 1. The van der Waals surface area contributed by atoms with Crippen LogP contribution in [0.25, 0.3) is 5.69 Å². The van der Waals surface area contributed by atoms with Crippen LogP contribution >= 0.6 is 0 Å². The maximum absolute atomic E-state index is 12.2. The first-order valence-electron chi connectivity index (χ1n) is 7.90. The lowest BCUT2D eigenvalue weighted by Gasteiger charge is -2.15. The van der Waals surface area contributed by atoms with Crippen LogP contribution in [0.4, 0.5) is 5.82 Å². The molecule has 124 valence electrons. The molecule has 0 aliphatic heterocycles. The van der Waals surface area contributed by atoms with Crippen LogP contribution in [-0.4, -0.2) is 33.4 Å². The van der Waals surface area contributed by atoms with Crippen LogP contribution in [0.5, 0.6) is 0 Å². The van der Waals surface area contributed by atoms with E-state index in [0.717, 1.165) is 19.3 Å². The predicted octanol–water partition coefficient (Wildman–Crippen LogP) is 1.22. The number of amides is 1. The summed E-state index contributed by atoms with van der Waals surface area (Å²) in [5, 5.41) is 25.6. The monoisotopic (exact) mass is 325 g/mol. The molecule has 1 aromatic carbocycles. The van der Waals surface area contributed by atoms with Gasteiger partial charge in [-0.05, 0) is 37.1 Å². The van der Waals surface area contributed by atoms with E-state index in [-0.39, 0.29) is 23.7 Å². The third-order valence-electron chi connectivity index (χ3n) is 4.44. The molecular formula is C17H19N5O2. The molecule has 1 aromatic heterocycles. The summed E-state index contributed by atoms with van der Waals surface area (Å²) < 4.78 is 1.45. The van der Waals surface area contributed by atoms with Crippen LogP contribution in [0, 0.1) is 17.2 Å². The number of hydrogen-bond donors (Lipinski definition) is 3. The van der Waals surface area contributed by atoms with Gasteiger partial charge in [0.05, 0.1) is 18.0 Å². The zero-order chi connectivity index (χ0) is 17.1. The minimum atomic E-state index is -0.315. The van der Waals surface area contributed by atoms with Crippen molar-refractivity contribution in [3.63, 3.8) is 0 Å². The van der Waals surface area contributed by atoms with Gasteiger partial charge in [-0.15, -0.1) is 0 Å². The second-order valence-electron chi connectivity index (χ2n) is 5.98. The normalized spacial score (nSPS) is 19.8. The Morgan fingerprint density at radius 1 is 1.42 bits per heavy atom. The fourth-order valence-electron chi connectivity index (χ4n) is 2.99. The summed E-state index contributed by atoms with van der Waals surface area (Å²) in [6, 6.07) is 8.79. The van der Waals surface area contributed by atoms with E-state index >= 15 is 0 Å². The molecule has 0 saturated heterocycles. The number of rotatable bonds is 4. The van der Waals surface area contributed by atoms with Crippen LogP contribution < -0.4 is 11.1 Å². The molecule has 0 spiro atoms. The highest BCUT2D eigenvalue weighted by Gasteiger charge is 2.25. The number of nitrogens with one attached hydrogen (secondary N) is 1. The smallest absolute Gasteiger partial charge is 0.251 e. The van der Waals surface area contributed by atoms with Gasteiger partial charge >= 0.3 is 0 Å². The molecule has 2 unspecified atom stereocenters. The number of carbonyl (C=O) groups excluding carboxylic acids is 1. The fraction of sp³-hybridized carbons (Fsp3) is 0.353. The molecule has 1 amide bonds. The Hall–Kier alpha value is -2.85. The topological polar surface area (TPSA) is 117 Å². The highest BCUT2D eigenvalue weighted by Crippen LogP contribution is 2.24. The van der Waals surface area contributed by atoms with Gasteiger partial charge in [-0.25, -0.2) is 4.68 Å². The largest absolute Gasteiger partial charge is 0.393 e. The van der Waals surface area contributed by atoms with Crippen molar-refractivity contribution in [3.8, 4) is 11.8 Å². The van der Waals surface area contributed by atoms with Crippen molar-refractivity contribution in [1.82, 2.24) is 15.1 Å². The first kappa shape index (κ1) is 16.0. The number of aromatic nitrogens is 2. The summed E-state index contributed by atoms with van der Waals surface area (Å²) in [7, 11) is 0. The van der Waals surface area contributed by atoms with Crippen molar-refractivity contribution >= 4 is 11.7 Å². The summed E-state index contributed by atoms with van der Waals surface area (Å²) in [6.45, 7) is 0.486. The lowest BCUT2D eigenvalue weighted by atomic mass is 10.1. The molecule has 4 N–H and O–H groups in total. The molecule has 2 aromatic rings. The quantitative estimate of drug-likeness (QED) is 0.781. The summed E-state index contributed by atoms with van der Waals surface area (Å²) in [5.74, 6) is 0.234. The predicted molar refractivity (Wildman–Crippen MR) is 88.4 cm³/mol.